The Kier molecular flexibility index (Phi) is 4.09. The summed E-state index contributed by atoms with van der Waals surface area (Å²) in [6.07, 6.45) is -0.925. The number of rotatable bonds is 5. The first-order valence-corrected chi connectivity index (χ1v) is 8.84. The highest BCUT2D eigenvalue weighted by atomic mass is 32.1. The van der Waals surface area contributed by atoms with Gasteiger partial charge in [0, 0.05) is 17.9 Å². The van der Waals surface area contributed by atoms with Crippen LogP contribution in [0.25, 0.3) is 0 Å². The number of aromatic nitrogens is 1. The predicted octanol–water partition coefficient (Wildman–Crippen LogP) is 0.615. The molecule has 8 heteroatoms. The standard InChI is InChI=1S/C17H18N2O5S/c20-8-11-15(23)14(22)10-6-17(10,24-11)19-16-18-7-12(25-16)13(21)9-4-2-1-3-5-9/h1-5,7,10-11,14-15,20,22-23H,6,8H2,(H,18,19). The number of hydrogen-bond acceptors (Lipinski definition) is 8. The van der Waals surface area contributed by atoms with Gasteiger partial charge >= 0.3 is 0 Å². The van der Waals surface area contributed by atoms with E-state index in [9.17, 15) is 20.1 Å². The van der Waals surface area contributed by atoms with Crippen LogP contribution in [-0.2, 0) is 4.74 Å². The minimum Gasteiger partial charge on any atom is -0.394 e. The van der Waals surface area contributed by atoms with Gasteiger partial charge in [-0.15, -0.1) is 0 Å². The van der Waals surface area contributed by atoms with Gasteiger partial charge in [-0.25, -0.2) is 4.98 Å². The normalized spacial score (nSPS) is 33.6. The molecule has 0 amide bonds. The van der Waals surface area contributed by atoms with Gasteiger partial charge in [0.1, 0.15) is 17.9 Å². The Morgan fingerprint density at radius 3 is 2.80 bits per heavy atom. The molecule has 1 saturated carbocycles. The van der Waals surface area contributed by atoms with Crippen LogP contribution in [0.5, 0.6) is 0 Å². The lowest BCUT2D eigenvalue weighted by Crippen LogP contribution is -2.53. The molecule has 0 radical (unpaired) electrons. The SMILES string of the molecule is O=C(c1ccccc1)c1cnc(NC23CC2C(O)C(O)C(CO)O3)s1. The Balaban J connectivity index is 1.50. The number of aliphatic hydroxyl groups excluding tert-OH is 3. The van der Waals surface area contributed by atoms with Crippen molar-refractivity contribution < 1.29 is 24.9 Å². The van der Waals surface area contributed by atoms with Crippen molar-refractivity contribution in [1.82, 2.24) is 4.98 Å². The number of nitrogens with one attached hydrogen (secondary N) is 1. The van der Waals surface area contributed by atoms with Gasteiger partial charge in [0.15, 0.2) is 5.13 Å². The maximum atomic E-state index is 12.4. The molecule has 4 N–H and O–H groups in total. The number of benzene rings is 1. The zero-order valence-electron chi connectivity index (χ0n) is 13.2. The maximum Gasteiger partial charge on any atom is 0.204 e. The fourth-order valence-corrected chi connectivity index (χ4v) is 4.12. The van der Waals surface area contributed by atoms with E-state index in [1.807, 2.05) is 6.07 Å². The van der Waals surface area contributed by atoms with Crippen LogP contribution in [0.4, 0.5) is 5.13 Å². The molecule has 0 spiro atoms. The van der Waals surface area contributed by atoms with Crippen molar-refractivity contribution in [2.24, 2.45) is 5.92 Å². The number of ketones is 1. The summed E-state index contributed by atoms with van der Waals surface area (Å²) in [5.41, 5.74) is -0.260. The summed E-state index contributed by atoms with van der Waals surface area (Å²) in [5.74, 6) is -0.383. The van der Waals surface area contributed by atoms with Crippen molar-refractivity contribution in [3.63, 3.8) is 0 Å². The number of carbonyl (C=O) groups excluding carboxylic acids is 1. The molecular weight excluding hydrogens is 344 g/mol. The smallest absolute Gasteiger partial charge is 0.204 e. The van der Waals surface area contributed by atoms with Gasteiger partial charge in [-0.2, -0.15) is 0 Å². The third-order valence-electron chi connectivity index (χ3n) is 4.73. The molecule has 4 rings (SSSR count). The highest BCUT2D eigenvalue weighted by Gasteiger charge is 2.66. The molecule has 132 valence electrons. The van der Waals surface area contributed by atoms with E-state index < -0.39 is 24.0 Å². The number of hydrogen-bond donors (Lipinski definition) is 4. The number of aliphatic hydroxyl groups is 3. The van der Waals surface area contributed by atoms with Gasteiger partial charge in [-0.3, -0.25) is 4.79 Å². The predicted molar refractivity (Wildman–Crippen MR) is 90.4 cm³/mol. The van der Waals surface area contributed by atoms with Gasteiger partial charge < -0.3 is 25.4 Å². The summed E-state index contributed by atoms with van der Waals surface area (Å²) < 4.78 is 5.75. The van der Waals surface area contributed by atoms with E-state index in [2.05, 4.69) is 10.3 Å². The van der Waals surface area contributed by atoms with E-state index in [1.165, 1.54) is 17.5 Å². The summed E-state index contributed by atoms with van der Waals surface area (Å²) in [7, 11) is 0. The molecule has 0 bridgehead atoms. The average Bonchev–Trinajstić information content (AvgIpc) is 3.16. The van der Waals surface area contributed by atoms with Gasteiger partial charge in [-0.1, -0.05) is 41.7 Å². The summed E-state index contributed by atoms with van der Waals surface area (Å²) in [4.78, 5) is 17.2. The Morgan fingerprint density at radius 1 is 1.32 bits per heavy atom. The van der Waals surface area contributed by atoms with E-state index in [1.54, 1.807) is 24.3 Å². The second-order valence-electron chi connectivity index (χ2n) is 6.37. The van der Waals surface area contributed by atoms with E-state index in [0.717, 1.165) is 0 Å². The van der Waals surface area contributed by atoms with Crippen molar-refractivity contribution in [2.75, 3.05) is 11.9 Å². The molecule has 2 aromatic rings. The number of carbonyl (C=O) groups is 1. The van der Waals surface area contributed by atoms with Gasteiger partial charge in [0.2, 0.25) is 5.78 Å². The molecule has 7 nitrogen and oxygen atoms in total. The average molecular weight is 362 g/mol. The highest BCUT2D eigenvalue weighted by Crippen LogP contribution is 2.54. The molecule has 1 aliphatic heterocycles. The lowest BCUT2D eigenvalue weighted by molar-refractivity contribution is -0.177. The molecule has 5 atom stereocenters. The van der Waals surface area contributed by atoms with Crippen molar-refractivity contribution >= 4 is 22.3 Å². The number of thiazole rings is 1. The van der Waals surface area contributed by atoms with Crippen LogP contribution in [0.15, 0.2) is 36.5 Å². The number of fused-ring (bicyclic) bond motifs is 1. The maximum absolute atomic E-state index is 12.4. The molecular formula is C17H18N2O5S. The topological polar surface area (TPSA) is 112 Å². The molecule has 2 fully saturated rings. The van der Waals surface area contributed by atoms with E-state index >= 15 is 0 Å². The zero-order valence-corrected chi connectivity index (χ0v) is 14.0. The largest absolute Gasteiger partial charge is 0.394 e. The molecule has 1 aromatic carbocycles. The fraction of sp³-hybridized carbons (Fsp3) is 0.412. The lowest BCUT2D eigenvalue weighted by Gasteiger charge is -2.36. The Bertz CT molecular complexity index is 782. The van der Waals surface area contributed by atoms with E-state index in [4.69, 9.17) is 4.74 Å². The highest BCUT2D eigenvalue weighted by molar-refractivity contribution is 7.17. The van der Waals surface area contributed by atoms with Crippen LogP contribution >= 0.6 is 11.3 Å². The van der Waals surface area contributed by atoms with Crippen LogP contribution in [-0.4, -0.2) is 56.7 Å². The number of nitrogens with zero attached hydrogens (tertiary/aromatic N) is 1. The first kappa shape index (κ1) is 16.6. The first-order chi connectivity index (χ1) is 12.0. The Hall–Kier alpha value is -1.84. The van der Waals surface area contributed by atoms with Crippen LogP contribution in [0.2, 0.25) is 0 Å². The quantitative estimate of drug-likeness (QED) is 0.577. The van der Waals surface area contributed by atoms with Crippen LogP contribution in [0.3, 0.4) is 0 Å². The number of ether oxygens (including phenoxy) is 1. The molecule has 1 aromatic heterocycles. The first-order valence-electron chi connectivity index (χ1n) is 8.02. The number of anilines is 1. The third kappa shape index (κ3) is 2.86. The summed E-state index contributed by atoms with van der Waals surface area (Å²) in [6.45, 7) is -0.385. The summed E-state index contributed by atoms with van der Waals surface area (Å²) in [5, 5.41) is 33.0. The van der Waals surface area contributed by atoms with Crippen molar-refractivity contribution in [1.29, 1.82) is 0 Å². The Labute approximate surface area is 147 Å². The Morgan fingerprint density at radius 2 is 2.08 bits per heavy atom. The van der Waals surface area contributed by atoms with Crippen molar-refractivity contribution in [3.8, 4) is 0 Å². The monoisotopic (exact) mass is 362 g/mol. The molecule has 2 aliphatic rings. The third-order valence-corrected chi connectivity index (χ3v) is 5.64. The molecule has 1 aliphatic carbocycles. The second-order valence-corrected chi connectivity index (χ2v) is 7.40. The van der Waals surface area contributed by atoms with Gasteiger partial charge in [0.05, 0.1) is 23.8 Å². The van der Waals surface area contributed by atoms with Crippen LogP contribution in [0, 0.1) is 5.92 Å². The second kappa shape index (κ2) is 6.15. The molecule has 5 unspecified atom stereocenters. The van der Waals surface area contributed by atoms with Crippen molar-refractivity contribution in [2.45, 2.75) is 30.5 Å². The zero-order chi connectivity index (χ0) is 17.6. The summed E-state index contributed by atoms with van der Waals surface area (Å²) >= 11 is 1.21. The fourth-order valence-electron chi connectivity index (χ4n) is 3.27. The van der Waals surface area contributed by atoms with Gasteiger partial charge in [-0.05, 0) is 0 Å². The molecule has 1 saturated heterocycles. The van der Waals surface area contributed by atoms with Crippen molar-refractivity contribution in [3.05, 3.63) is 47.0 Å². The van der Waals surface area contributed by atoms with E-state index in [-0.39, 0.29) is 18.3 Å². The minimum atomic E-state index is -1.11. The minimum absolute atomic E-state index is 0.107. The van der Waals surface area contributed by atoms with Crippen LogP contribution < -0.4 is 5.32 Å². The van der Waals surface area contributed by atoms with E-state index in [0.29, 0.717) is 22.0 Å². The van der Waals surface area contributed by atoms with Gasteiger partial charge in [0.25, 0.3) is 0 Å². The lowest BCUT2D eigenvalue weighted by atomic mass is 10.0. The molecule has 25 heavy (non-hydrogen) atoms. The van der Waals surface area contributed by atoms with Crippen LogP contribution in [0.1, 0.15) is 21.7 Å². The molecule has 2 heterocycles. The summed E-state index contributed by atoms with van der Waals surface area (Å²) in [6, 6.07) is 8.95.